The van der Waals surface area contributed by atoms with Gasteiger partial charge in [-0.2, -0.15) is 5.26 Å². The quantitative estimate of drug-likeness (QED) is 0.772. The maximum absolute atomic E-state index is 10.7. The number of hydrogen-bond donors (Lipinski definition) is 1. The topological polar surface area (TPSA) is 70.3 Å². The molecular weight excluding hydrogens is 206 g/mol. The number of aryl methyl sites for hydroxylation is 1. The average Bonchev–Trinajstić information content (AvgIpc) is 2.26. The molecule has 0 radical (unpaired) electrons. The van der Waals surface area contributed by atoms with Gasteiger partial charge in [-0.3, -0.25) is 0 Å². The van der Waals surface area contributed by atoms with Crippen LogP contribution in [-0.2, 0) is 0 Å². The number of nitriles is 1. The second kappa shape index (κ2) is 5.76. The third kappa shape index (κ3) is 3.28. The van der Waals surface area contributed by atoms with Crippen LogP contribution in [0.2, 0.25) is 0 Å². The number of aromatic carboxylic acids is 1. The molecule has 0 heterocycles. The van der Waals surface area contributed by atoms with E-state index in [0.29, 0.717) is 25.2 Å². The van der Waals surface area contributed by atoms with Gasteiger partial charge < -0.3 is 9.84 Å². The summed E-state index contributed by atoms with van der Waals surface area (Å²) in [6, 6.07) is 6.78. The molecular formula is C12H13NO3. The highest BCUT2D eigenvalue weighted by Crippen LogP contribution is 2.19. The molecule has 0 aliphatic rings. The second-order valence-corrected chi connectivity index (χ2v) is 3.40. The van der Waals surface area contributed by atoms with E-state index >= 15 is 0 Å². The molecule has 0 fully saturated rings. The Morgan fingerprint density at radius 1 is 1.56 bits per heavy atom. The summed E-state index contributed by atoms with van der Waals surface area (Å²) in [7, 11) is 0. The zero-order chi connectivity index (χ0) is 12.0. The van der Waals surface area contributed by atoms with Gasteiger partial charge in [0.05, 0.1) is 18.2 Å². The van der Waals surface area contributed by atoms with Crippen LogP contribution in [0, 0.1) is 18.3 Å². The Bertz CT molecular complexity index is 421. The lowest BCUT2D eigenvalue weighted by Crippen LogP contribution is -2.01. The second-order valence-electron chi connectivity index (χ2n) is 3.40. The maximum atomic E-state index is 10.7. The van der Waals surface area contributed by atoms with Crippen molar-refractivity contribution in [3.63, 3.8) is 0 Å². The molecule has 0 saturated heterocycles. The Kier molecular flexibility index (Phi) is 4.34. The van der Waals surface area contributed by atoms with Crippen LogP contribution >= 0.6 is 0 Å². The van der Waals surface area contributed by atoms with Crippen LogP contribution in [0.25, 0.3) is 0 Å². The summed E-state index contributed by atoms with van der Waals surface area (Å²) in [4.78, 5) is 10.7. The zero-order valence-corrected chi connectivity index (χ0v) is 9.06. The molecule has 0 aromatic heterocycles. The van der Waals surface area contributed by atoms with Gasteiger partial charge in [0.15, 0.2) is 0 Å². The minimum absolute atomic E-state index is 0.209. The molecule has 0 aliphatic heterocycles. The molecule has 0 saturated carbocycles. The highest BCUT2D eigenvalue weighted by atomic mass is 16.5. The van der Waals surface area contributed by atoms with Crippen molar-refractivity contribution in [2.24, 2.45) is 0 Å². The summed E-state index contributed by atoms with van der Waals surface area (Å²) in [6.07, 6.45) is 1.09. The lowest BCUT2D eigenvalue weighted by atomic mass is 10.1. The summed E-state index contributed by atoms with van der Waals surface area (Å²) < 4.78 is 5.42. The summed E-state index contributed by atoms with van der Waals surface area (Å²) in [6.45, 7) is 2.28. The van der Waals surface area contributed by atoms with Crippen LogP contribution in [0.1, 0.15) is 28.8 Å². The van der Waals surface area contributed by atoms with Gasteiger partial charge in [-0.05, 0) is 31.0 Å². The number of nitrogens with zero attached hydrogens (tertiary/aromatic N) is 1. The largest absolute Gasteiger partial charge is 0.493 e. The van der Waals surface area contributed by atoms with Gasteiger partial charge in [0, 0.05) is 6.42 Å². The van der Waals surface area contributed by atoms with E-state index in [1.54, 1.807) is 12.1 Å². The van der Waals surface area contributed by atoms with E-state index in [4.69, 9.17) is 15.1 Å². The Hall–Kier alpha value is -2.02. The predicted octanol–water partition coefficient (Wildman–Crippen LogP) is 2.38. The Labute approximate surface area is 94.1 Å². The molecule has 16 heavy (non-hydrogen) atoms. The Balaban J connectivity index is 2.67. The Morgan fingerprint density at radius 2 is 2.31 bits per heavy atom. The van der Waals surface area contributed by atoms with Crippen LogP contribution in [0.4, 0.5) is 0 Å². The lowest BCUT2D eigenvalue weighted by Gasteiger charge is -2.08. The van der Waals surface area contributed by atoms with Gasteiger partial charge in [0.2, 0.25) is 0 Å². The normalized spacial score (nSPS) is 9.50. The number of unbranched alkanes of at least 4 members (excludes halogenated alkanes) is 1. The molecule has 0 aliphatic carbocycles. The van der Waals surface area contributed by atoms with E-state index in [0.717, 1.165) is 5.56 Å². The van der Waals surface area contributed by atoms with Crippen LogP contribution in [0.5, 0.6) is 5.75 Å². The predicted molar refractivity (Wildman–Crippen MR) is 58.5 cm³/mol. The molecule has 0 atom stereocenters. The molecule has 0 spiro atoms. The zero-order valence-electron chi connectivity index (χ0n) is 9.06. The minimum Gasteiger partial charge on any atom is -0.493 e. The fourth-order valence-corrected chi connectivity index (χ4v) is 1.22. The minimum atomic E-state index is -0.970. The van der Waals surface area contributed by atoms with Gasteiger partial charge in [0.25, 0.3) is 0 Å². The first-order valence-corrected chi connectivity index (χ1v) is 4.99. The number of hydrogen-bond acceptors (Lipinski definition) is 3. The first-order chi connectivity index (χ1) is 7.65. The van der Waals surface area contributed by atoms with Crippen molar-refractivity contribution in [2.75, 3.05) is 6.61 Å². The van der Waals surface area contributed by atoms with Crippen molar-refractivity contribution >= 4 is 5.97 Å². The van der Waals surface area contributed by atoms with Crippen LogP contribution in [0.3, 0.4) is 0 Å². The molecule has 1 aromatic rings. The van der Waals surface area contributed by atoms with Gasteiger partial charge in [-0.25, -0.2) is 4.79 Å². The molecule has 84 valence electrons. The van der Waals surface area contributed by atoms with E-state index in [9.17, 15) is 4.79 Å². The highest BCUT2D eigenvalue weighted by molar-refractivity contribution is 5.88. The number of rotatable bonds is 5. The van der Waals surface area contributed by atoms with Gasteiger partial charge in [-0.15, -0.1) is 0 Å². The van der Waals surface area contributed by atoms with Crippen LogP contribution < -0.4 is 4.74 Å². The summed E-state index contributed by atoms with van der Waals surface area (Å²) >= 11 is 0. The molecule has 0 bridgehead atoms. The van der Waals surface area contributed by atoms with Gasteiger partial charge in [-0.1, -0.05) is 6.07 Å². The SMILES string of the molecule is Cc1ccc(C(=O)O)cc1OCCCC#N. The molecule has 1 rings (SSSR count). The van der Waals surface area contributed by atoms with Crippen molar-refractivity contribution in [1.29, 1.82) is 5.26 Å². The van der Waals surface area contributed by atoms with Gasteiger partial charge in [0.1, 0.15) is 5.75 Å². The van der Waals surface area contributed by atoms with E-state index in [-0.39, 0.29) is 5.56 Å². The molecule has 4 nitrogen and oxygen atoms in total. The molecule has 1 aromatic carbocycles. The summed E-state index contributed by atoms with van der Waals surface area (Å²) in [5.41, 5.74) is 1.10. The molecule has 0 unspecified atom stereocenters. The third-order valence-corrected chi connectivity index (χ3v) is 2.13. The fraction of sp³-hybridized carbons (Fsp3) is 0.333. The van der Waals surface area contributed by atoms with E-state index in [1.807, 2.05) is 13.0 Å². The number of benzene rings is 1. The van der Waals surface area contributed by atoms with Crippen molar-refractivity contribution in [3.8, 4) is 11.8 Å². The van der Waals surface area contributed by atoms with E-state index < -0.39 is 5.97 Å². The van der Waals surface area contributed by atoms with Crippen molar-refractivity contribution in [2.45, 2.75) is 19.8 Å². The standard InChI is InChI=1S/C12H13NO3/c1-9-4-5-10(12(14)15)8-11(9)16-7-3-2-6-13/h4-5,8H,2-3,7H2,1H3,(H,14,15). The summed E-state index contributed by atoms with van der Waals surface area (Å²) in [5.74, 6) is -0.403. The van der Waals surface area contributed by atoms with E-state index in [1.165, 1.54) is 6.07 Å². The number of carboxylic acid groups (broad SMARTS) is 1. The van der Waals surface area contributed by atoms with Crippen molar-refractivity contribution in [3.05, 3.63) is 29.3 Å². The summed E-state index contributed by atoms with van der Waals surface area (Å²) in [5, 5.41) is 17.2. The van der Waals surface area contributed by atoms with Gasteiger partial charge >= 0.3 is 5.97 Å². The molecule has 1 N–H and O–H groups in total. The number of ether oxygens (including phenoxy) is 1. The third-order valence-electron chi connectivity index (χ3n) is 2.13. The van der Waals surface area contributed by atoms with E-state index in [2.05, 4.69) is 0 Å². The smallest absolute Gasteiger partial charge is 0.335 e. The highest BCUT2D eigenvalue weighted by Gasteiger charge is 2.06. The first-order valence-electron chi connectivity index (χ1n) is 4.99. The van der Waals surface area contributed by atoms with Crippen molar-refractivity contribution in [1.82, 2.24) is 0 Å². The van der Waals surface area contributed by atoms with Crippen LogP contribution in [0.15, 0.2) is 18.2 Å². The number of carboxylic acids is 1. The number of carbonyl (C=O) groups is 1. The monoisotopic (exact) mass is 219 g/mol. The first kappa shape index (κ1) is 12.1. The Morgan fingerprint density at radius 3 is 2.94 bits per heavy atom. The van der Waals surface area contributed by atoms with Crippen molar-refractivity contribution < 1.29 is 14.6 Å². The molecule has 0 amide bonds. The average molecular weight is 219 g/mol. The maximum Gasteiger partial charge on any atom is 0.335 e. The lowest BCUT2D eigenvalue weighted by molar-refractivity contribution is 0.0696. The van der Waals surface area contributed by atoms with Crippen LogP contribution in [-0.4, -0.2) is 17.7 Å². The fourth-order valence-electron chi connectivity index (χ4n) is 1.22. The molecule has 4 heteroatoms.